The molecule has 24 heavy (non-hydrogen) atoms. The second-order valence-electron chi connectivity index (χ2n) is 4.76. The quantitative estimate of drug-likeness (QED) is 0.805. The summed E-state index contributed by atoms with van der Waals surface area (Å²) in [4.78, 5) is 16.5. The van der Waals surface area contributed by atoms with Gasteiger partial charge in [0.15, 0.2) is 0 Å². The fraction of sp³-hybridized carbons (Fsp3) is 0.118. The number of anilines is 1. The summed E-state index contributed by atoms with van der Waals surface area (Å²) in [5.41, 5.74) is 0.767. The van der Waals surface area contributed by atoms with Gasteiger partial charge in [-0.2, -0.15) is 18.4 Å². The van der Waals surface area contributed by atoms with Crippen molar-refractivity contribution in [2.45, 2.75) is 6.18 Å². The molecular weight excluding hydrogens is 319 g/mol. The van der Waals surface area contributed by atoms with Crippen molar-refractivity contribution in [1.29, 1.82) is 5.26 Å². The highest BCUT2D eigenvalue weighted by Crippen LogP contribution is 2.21. The van der Waals surface area contributed by atoms with Gasteiger partial charge in [0.25, 0.3) is 5.91 Å². The van der Waals surface area contributed by atoms with Gasteiger partial charge >= 0.3 is 6.18 Å². The predicted octanol–water partition coefficient (Wildman–Crippen LogP) is 3.56. The van der Waals surface area contributed by atoms with Crippen molar-refractivity contribution < 1.29 is 18.0 Å². The average Bonchev–Trinajstić information content (AvgIpc) is 2.58. The highest BCUT2D eigenvalue weighted by atomic mass is 19.4. The number of hydrogen-bond acceptors (Lipinski definition) is 3. The molecule has 0 atom stereocenters. The van der Waals surface area contributed by atoms with Gasteiger partial charge in [0.05, 0.1) is 11.6 Å². The Morgan fingerprint density at radius 1 is 1.21 bits per heavy atom. The zero-order valence-electron chi connectivity index (χ0n) is 12.4. The molecule has 1 amide bonds. The van der Waals surface area contributed by atoms with E-state index in [0.717, 1.165) is 6.08 Å². The number of benzene rings is 1. The van der Waals surface area contributed by atoms with Crippen LogP contribution in [-0.2, 0) is 4.79 Å². The molecule has 7 heteroatoms. The molecule has 1 heterocycles. The van der Waals surface area contributed by atoms with Crippen molar-refractivity contribution >= 4 is 17.8 Å². The van der Waals surface area contributed by atoms with E-state index in [-0.39, 0.29) is 5.82 Å². The second kappa shape index (κ2) is 7.42. The summed E-state index contributed by atoms with van der Waals surface area (Å²) in [6.07, 6.45) is -0.948. The first-order valence-electron chi connectivity index (χ1n) is 6.87. The third-order valence-corrected chi connectivity index (χ3v) is 3.02. The van der Waals surface area contributed by atoms with E-state index >= 15 is 0 Å². The third kappa shape index (κ3) is 4.68. The molecule has 0 fully saturated rings. The van der Waals surface area contributed by atoms with E-state index in [0.29, 0.717) is 16.0 Å². The minimum atomic E-state index is -4.56. The largest absolute Gasteiger partial charge is 0.406 e. The Hall–Kier alpha value is -3.14. The number of carbonyl (C=O) groups excluding carboxylic acids is 1. The van der Waals surface area contributed by atoms with Gasteiger partial charge in [-0.25, -0.2) is 4.98 Å². The highest BCUT2D eigenvalue weighted by Gasteiger charge is 2.33. The molecule has 2 aromatic rings. The minimum absolute atomic E-state index is 0.0990. The first-order valence-corrected chi connectivity index (χ1v) is 6.87. The van der Waals surface area contributed by atoms with E-state index in [1.54, 1.807) is 30.3 Å². The van der Waals surface area contributed by atoms with Crippen molar-refractivity contribution in [2.75, 3.05) is 11.4 Å². The van der Waals surface area contributed by atoms with Crippen molar-refractivity contribution in [3.8, 4) is 6.07 Å². The van der Waals surface area contributed by atoms with Crippen LogP contribution in [0.15, 0.2) is 54.7 Å². The Balaban J connectivity index is 2.28. The summed E-state index contributed by atoms with van der Waals surface area (Å²) in [6, 6.07) is 12.8. The van der Waals surface area contributed by atoms with E-state index < -0.39 is 18.6 Å². The normalized spacial score (nSPS) is 11.2. The number of carbonyl (C=O) groups is 1. The molecule has 0 bridgehead atoms. The number of halogens is 3. The van der Waals surface area contributed by atoms with Gasteiger partial charge in [-0.05, 0) is 29.8 Å². The fourth-order valence-corrected chi connectivity index (χ4v) is 1.96. The Morgan fingerprint density at radius 3 is 2.54 bits per heavy atom. The maximum atomic E-state index is 12.7. The van der Waals surface area contributed by atoms with Crippen LogP contribution in [-0.4, -0.2) is 23.6 Å². The lowest BCUT2D eigenvalue weighted by Gasteiger charge is -2.21. The Labute approximate surface area is 136 Å². The first-order chi connectivity index (χ1) is 11.4. The molecular formula is C17H12F3N3O. The van der Waals surface area contributed by atoms with E-state index in [4.69, 9.17) is 5.26 Å². The molecule has 0 aliphatic carbocycles. The van der Waals surface area contributed by atoms with Gasteiger partial charge in [0, 0.05) is 12.3 Å². The molecule has 0 N–H and O–H groups in total. The van der Waals surface area contributed by atoms with Crippen molar-refractivity contribution in [3.05, 3.63) is 65.9 Å². The molecule has 0 unspecified atom stereocenters. The Kier molecular flexibility index (Phi) is 5.32. The van der Waals surface area contributed by atoms with Crippen LogP contribution in [0.3, 0.4) is 0 Å². The van der Waals surface area contributed by atoms with Gasteiger partial charge in [0.1, 0.15) is 12.4 Å². The van der Waals surface area contributed by atoms with Crippen LogP contribution in [0.1, 0.15) is 11.1 Å². The zero-order valence-corrected chi connectivity index (χ0v) is 12.4. The lowest BCUT2D eigenvalue weighted by molar-refractivity contribution is -0.130. The summed E-state index contributed by atoms with van der Waals surface area (Å²) in [7, 11) is 0. The highest BCUT2D eigenvalue weighted by molar-refractivity contribution is 6.03. The number of nitrogens with zero attached hydrogens (tertiary/aromatic N) is 3. The fourth-order valence-electron chi connectivity index (χ4n) is 1.96. The van der Waals surface area contributed by atoms with Crippen LogP contribution < -0.4 is 4.90 Å². The monoisotopic (exact) mass is 331 g/mol. The number of rotatable bonds is 4. The Morgan fingerprint density at radius 2 is 1.92 bits per heavy atom. The molecule has 1 aromatic carbocycles. The van der Waals surface area contributed by atoms with E-state index in [1.807, 2.05) is 6.07 Å². The number of amides is 1. The molecule has 1 aromatic heterocycles. The summed E-state index contributed by atoms with van der Waals surface area (Å²) in [6.45, 7) is -1.45. The third-order valence-electron chi connectivity index (χ3n) is 3.02. The molecule has 0 saturated heterocycles. The first kappa shape index (κ1) is 17.2. The Bertz CT molecular complexity index is 780. The lowest BCUT2D eigenvalue weighted by Crippen LogP contribution is -2.38. The van der Waals surface area contributed by atoms with Crippen LogP contribution in [0, 0.1) is 11.3 Å². The van der Waals surface area contributed by atoms with E-state index in [9.17, 15) is 18.0 Å². The molecule has 0 aliphatic rings. The molecule has 0 aliphatic heterocycles. The van der Waals surface area contributed by atoms with Gasteiger partial charge in [-0.1, -0.05) is 24.3 Å². The minimum Gasteiger partial charge on any atom is -0.284 e. The standard InChI is InChI=1S/C17H12F3N3O/c18-17(19,20)12-23(15-7-3-4-10-22-15)16(24)9-8-13-5-1-2-6-14(13)11-21/h1-10H,12H2. The summed E-state index contributed by atoms with van der Waals surface area (Å²) < 4.78 is 38.2. The summed E-state index contributed by atoms with van der Waals surface area (Å²) in [5, 5.41) is 8.99. The van der Waals surface area contributed by atoms with Crippen molar-refractivity contribution in [3.63, 3.8) is 0 Å². The van der Waals surface area contributed by atoms with Gasteiger partial charge < -0.3 is 0 Å². The smallest absolute Gasteiger partial charge is 0.284 e. The second-order valence-corrected chi connectivity index (χ2v) is 4.76. The van der Waals surface area contributed by atoms with Crippen LogP contribution in [0.4, 0.5) is 19.0 Å². The van der Waals surface area contributed by atoms with Crippen molar-refractivity contribution in [1.82, 2.24) is 4.98 Å². The van der Waals surface area contributed by atoms with E-state index in [1.165, 1.54) is 24.4 Å². The molecule has 4 nitrogen and oxygen atoms in total. The SMILES string of the molecule is N#Cc1ccccc1C=CC(=O)N(CC(F)(F)F)c1ccccn1. The van der Waals surface area contributed by atoms with Gasteiger partial charge in [-0.3, -0.25) is 9.69 Å². The van der Waals surface area contributed by atoms with Crippen LogP contribution in [0.2, 0.25) is 0 Å². The lowest BCUT2D eigenvalue weighted by atomic mass is 10.1. The molecule has 0 radical (unpaired) electrons. The van der Waals surface area contributed by atoms with Gasteiger partial charge in [-0.15, -0.1) is 0 Å². The van der Waals surface area contributed by atoms with Crippen molar-refractivity contribution in [2.24, 2.45) is 0 Å². The van der Waals surface area contributed by atoms with E-state index in [2.05, 4.69) is 4.98 Å². The number of hydrogen-bond donors (Lipinski definition) is 0. The van der Waals surface area contributed by atoms with Gasteiger partial charge in [0.2, 0.25) is 0 Å². The molecule has 122 valence electrons. The number of nitriles is 1. The number of aromatic nitrogens is 1. The molecule has 2 rings (SSSR count). The predicted molar refractivity (Wildman–Crippen MR) is 82.8 cm³/mol. The summed E-state index contributed by atoms with van der Waals surface area (Å²) >= 11 is 0. The topological polar surface area (TPSA) is 57.0 Å². The average molecular weight is 331 g/mol. The van der Waals surface area contributed by atoms with Crippen LogP contribution >= 0.6 is 0 Å². The zero-order chi connectivity index (χ0) is 17.6. The molecule has 0 spiro atoms. The number of alkyl halides is 3. The van der Waals surface area contributed by atoms with Crippen LogP contribution in [0.5, 0.6) is 0 Å². The van der Waals surface area contributed by atoms with Crippen LogP contribution in [0.25, 0.3) is 6.08 Å². The maximum Gasteiger partial charge on any atom is 0.406 e. The molecule has 0 saturated carbocycles. The maximum absolute atomic E-state index is 12.7. The number of pyridine rings is 1. The summed E-state index contributed by atoms with van der Waals surface area (Å²) in [5.74, 6) is -0.975.